The van der Waals surface area contributed by atoms with Crippen molar-refractivity contribution in [3.8, 4) is 11.1 Å². The number of pyridine rings is 1. The molecular formula is C32H36N4O. The summed E-state index contributed by atoms with van der Waals surface area (Å²) >= 11 is 0. The van der Waals surface area contributed by atoms with Gasteiger partial charge >= 0.3 is 0 Å². The average Bonchev–Trinajstić information content (AvgIpc) is 2.90. The van der Waals surface area contributed by atoms with Gasteiger partial charge in [-0.1, -0.05) is 60.2 Å². The molecule has 1 amide bonds. The molecule has 1 aromatic heterocycles. The van der Waals surface area contributed by atoms with E-state index in [0.29, 0.717) is 12.1 Å². The van der Waals surface area contributed by atoms with E-state index >= 15 is 0 Å². The average molecular weight is 493 g/mol. The normalized spacial score (nSPS) is 14.2. The van der Waals surface area contributed by atoms with Gasteiger partial charge in [0.05, 0.1) is 11.1 Å². The Morgan fingerprint density at radius 1 is 0.892 bits per heavy atom. The summed E-state index contributed by atoms with van der Waals surface area (Å²) in [6.07, 6.45) is 0. The summed E-state index contributed by atoms with van der Waals surface area (Å²) in [5, 5.41) is 4.06. The van der Waals surface area contributed by atoms with Gasteiger partial charge in [-0.2, -0.15) is 0 Å². The zero-order chi connectivity index (χ0) is 25.9. The standard InChI is InChI=1S/C32H36N4O/c1-22-11-13-26(14-12-22)27-8-6-9-28-29(21-24(3)34-31(27)28)32(37)33-15-16-35-17-19-36(20-18-35)30-10-5-7-23(2)25(30)4/h5-14,21H,15-20H2,1-4H3,(H,33,37). The summed E-state index contributed by atoms with van der Waals surface area (Å²) in [7, 11) is 0. The third-order valence-electron chi connectivity index (χ3n) is 7.58. The quantitative estimate of drug-likeness (QED) is 0.376. The molecule has 1 N–H and O–H groups in total. The van der Waals surface area contributed by atoms with Gasteiger partial charge in [-0.25, -0.2) is 0 Å². The Balaban J connectivity index is 1.24. The van der Waals surface area contributed by atoms with Crippen molar-refractivity contribution >= 4 is 22.5 Å². The van der Waals surface area contributed by atoms with Crippen molar-refractivity contribution in [2.24, 2.45) is 0 Å². The molecule has 0 bridgehead atoms. The first-order valence-corrected chi connectivity index (χ1v) is 13.2. The lowest BCUT2D eigenvalue weighted by molar-refractivity contribution is 0.0949. The summed E-state index contributed by atoms with van der Waals surface area (Å²) in [5.41, 5.74) is 9.85. The fraction of sp³-hybridized carbons (Fsp3) is 0.312. The monoisotopic (exact) mass is 492 g/mol. The molecule has 0 saturated carbocycles. The minimum absolute atomic E-state index is 0.0365. The van der Waals surface area contributed by atoms with Gasteiger partial charge in [0.25, 0.3) is 5.91 Å². The molecule has 0 radical (unpaired) electrons. The number of piperazine rings is 1. The molecule has 5 heteroatoms. The van der Waals surface area contributed by atoms with E-state index in [0.717, 1.165) is 60.4 Å². The maximum atomic E-state index is 13.3. The first-order valence-electron chi connectivity index (χ1n) is 13.2. The number of hydrogen-bond acceptors (Lipinski definition) is 4. The van der Waals surface area contributed by atoms with Crippen LogP contribution in [0.25, 0.3) is 22.0 Å². The maximum Gasteiger partial charge on any atom is 0.252 e. The highest BCUT2D eigenvalue weighted by molar-refractivity contribution is 6.09. The van der Waals surface area contributed by atoms with Gasteiger partial charge in [0.2, 0.25) is 0 Å². The topological polar surface area (TPSA) is 48.5 Å². The van der Waals surface area contributed by atoms with Crippen molar-refractivity contribution in [2.75, 3.05) is 44.2 Å². The zero-order valence-electron chi connectivity index (χ0n) is 22.3. The third-order valence-corrected chi connectivity index (χ3v) is 7.58. The fourth-order valence-electron chi connectivity index (χ4n) is 5.24. The number of fused-ring (bicyclic) bond motifs is 1. The fourth-order valence-corrected chi connectivity index (χ4v) is 5.24. The summed E-state index contributed by atoms with van der Waals surface area (Å²) in [6, 6.07) is 23.0. The molecule has 2 heterocycles. The van der Waals surface area contributed by atoms with E-state index in [4.69, 9.17) is 4.98 Å². The van der Waals surface area contributed by atoms with E-state index in [1.54, 1.807) is 0 Å². The van der Waals surface area contributed by atoms with Gasteiger partial charge in [-0.05, 0) is 56.5 Å². The molecule has 0 aliphatic carbocycles. The molecule has 5 nitrogen and oxygen atoms in total. The third kappa shape index (κ3) is 5.37. The second-order valence-electron chi connectivity index (χ2n) is 10.2. The number of aromatic nitrogens is 1. The van der Waals surface area contributed by atoms with Crippen LogP contribution in [0.5, 0.6) is 0 Å². The smallest absolute Gasteiger partial charge is 0.252 e. The van der Waals surface area contributed by atoms with Crippen LogP contribution in [0.2, 0.25) is 0 Å². The van der Waals surface area contributed by atoms with Crippen LogP contribution >= 0.6 is 0 Å². The first-order chi connectivity index (χ1) is 17.9. The summed E-state index contributed by atoms with van der Waals surface area (Å²) in [4.78, 5) is 23.0. The van der Waals surface area contributed by atoms with E-state index in [-0.39, 0.29) is 5.91 Å². The van der Waals surface area contributed by atoms with E-state index in [1.165, 1.54) is 22.4 Å². The van der Waals surface area contributed by atoms with E-state index in [9.17, 15) is 4.79 Å². The second kappa shape index (κ2) is 10.7. The van der Waals surface area contributed by atoms with Gasteiger partial charge < -0.3 is 10.2 Å². The van der Waals surface area contributed by atoms with Crippen LogP contribution < -0.4 is 10.2 Å². The molecular weight excluding hydrogens is 456 g/mol. The number of anilines is 1. The number of aryl methyl sites for hydroxylation is 3. The van der Waals surface area contributed by atoms with Crippen LogP contribution in [0.1, 0.15) is 32.7 Å². The number of nitrogens with one attached hydrogen (secondary N) is 1. The van der Waals surface area contributed by atoms with Crippen molar-refractivity contribution in [1.82, 2.24) is 15.2 Å². The molecule has 5 rings (SSSR count). The number of rotatable bonds is 6. The summed E-state index contributed by atoms with van der Waals surface area (Å²) < 4.78 is 0. The Hall–Kier alpha value is -3.70. The number of para-hydroxylation sites is 1. The number of nitrogens with zero attached hydrogens (tertiary/aromatic N) is 3. The Morgan fingerprint density at radius 2 is 1.62 bits per heavy atom. The number of amides is 1. The van der Waals surface area contributed by atoms with Crippen molar-refractivity contribution in [3.63, 3.8) is 0 Å². The SMILES string of the molecule is Cc1ccc(-c2cccc3c(C(=O)NCCN4CCN(c5cccc(C)c5C)CC4)cc(C)nc23)cc1. The Morgan fingerprint density at radius 3 is 2.38 bits per heavy atom. The zero-order valence-corrected chi connectivity index (χ0v) is 22.3. The molecule has 190 valence electrons. The Labute approximate surface area is 220 Å². The molecule has 0 atom stereocenters. The molecule has 0 unspecified atom stereocenters. The molecule has 0 spiro atoms. The Kier molecular flexibility index (Phi) is 7.24. The van der Waals surface area contributed by atoms with E-state index in [2.05, 4.69) is 84.4 Å². The van der Waals surface area contributed by atoms with Gasteiger partial charge in [0.15, 0.2) is 0 Å². The molecule has 1 aliphatic rings. The lowest BCUT2D eigenvalue weighted by Gasteiger charge is -2.37. The lowest BCUT2D eigenvalue weighted by atomic mass is 9.98. The van der Waals surface area contributed by atoms with Gasteiger partial charge in [-0.3, -0.25) is 14.7 Å². The van der Waals surface area contributed by atoms with E-state index < -0.39 is 0 Å². The lowest BCUT2D eigenvalue weighted by Crippen LogP contribution is -2.48. The molecule has 1 aliphatic heterocycles. The highest BCUT2D eigenvalue weighted by atomic mass is 16.1. The number of carbonyl (C=O) groups excluding carboxylic acids is 1. The summed E-state index contributed by atoms with van der Waals surface area (Å²) in [6.45, 7) is 13.9. The van der Waals surface area contributed by atoms with Gasteiger partial charge in [0, 0.05) is 61.6 Å². The molecule has 4 aromatic rings. The van der Waals surface area contributed by atoms with Crippen molar-refractivity contribution < 1.29 is 4.79 Å². The Bertz CT molecular complexity index is 1420. The van der Waals surface area contributed by atoms with Crippen LogP contribution in [0, 0.1) is 27.7 Å². The van der Waals surface area contributed by atoms with Crippen LogP contribution in [-0.4, -0.2) is 55.1 Å². The van der Waals surface area contributed by atoms with Crippen molar-refractivity contribution in [2.45, 2.75) is 27.7 Å². The van der Waals surface area contributed by atoms with Crippen molar-refractivity contribution in [1.29, 1.82) is 0 Å². The highest BCUT2D eigenvalue weighted by Crippen LogP contribution is 2.30. The van der Waals surface area contributed by atoms with Gasteiger partial charge in [0.1, 0.15) is 0 Å². The highest BCUT2D eigenvalue weighted by Gasteiger charge is 2.19. The van der Waals surface area contributed by atoms with Crippen LogP contribution in [0.15, 0.2) is 66.7 Å². The second-order valence-corrected chi connectivity index (χ2v) is 10.2. The minimum atomic E-state index is -0.0365. The van der Waals surface area contributed by atoms with Crippen molar-refractivity contribution in [3.05, 3.63) is 94.7 Å². The van der Waals surface area contributed by atoms with Crippen LogP contribution in [-0.2, 0) is 0 Å². The predicted molar refractivity (Wildman–Crippen MR) is 154 cm³/mol. The van der Waals surface area contributed by atoms with Crippen LogP contribution in [0.4, 0.5) is 5.69 Å². The van der Waals surface area contributed by atoms with E-state index in [1.807, 2.05) is 25.1 Å². The molecule has 37 heavy (non-hydrogen) atoms. The number of hydrogen-bond donors (Lipinski definition) is 1. The van der Waals surface area contributed by atoms with Gasteiger partial charge in [-0.15, -0.1) is 0 Å². The predicted octanol–water partition coefficient (Wildman–Crippen LogP) is 5.69. The molecule has 1 saturated heterocycles. The first kappa shape index (κ1) is 25.0. The summed E-state index contributed by atoms with van der Waals surface area (Å²) in [5.74, 6) is -0.0365. The number of carbonyl (C=O) groups is 1. The minimum Gasteiger partial charge on any atom is -0.369 e. The number of benzene rings is 3. The largest absolute Gasteiger partial charge is 0.369 e. The maximum absolute atomic E-state index is 13.3. The molecule has 1 fully saturated rings. The molecule has 3 aromatic carbocycles. The van der Waals surface area contributed by atoms with Crippen LogP contribution in [0.3, 0.4) is 0 Å².